The predicted molar refractivity (Wildman–Crippen MR) is 88.3 cm³/mol. The molecule has 0 bridgehead atoms. The largest absolute Gasteiger partial charge is 0.398 e. The first-order chi connectivity index (χ1) is 10.1. The smallest absolute Gasteiger partial charge is 0.224 e. The summed E-state index contributed by atoms with van der Waals surface area (Å²) < 4.78 is 0. The first-order valence-corrected chi connectivity index (χ1v) is 7.93. The maximum atomic E-state index is 12.0. The zero-order valence-electron chi connectivity index (χ0n) is 13.2. The van der Waals surface area contributed by atoms with Gasteiger partial charge in [0.2, 0.25) is 5.91 Å². The van der Waals surface area contributed by atoms with Gasteiger partial charge in [-0.25, -0.2) is 0 Å². The van der Waals surface area contributed by atoms with Crippen LogP contribution in [0.2, 0.25) is 0 Å². The highest BCUT2D eigenvalue weighted by molar-refractivity contribution is 5.92. The van der Waals surface area contributed by atoms with Crippen molar-refractivity contribution in [3.8, 4) is 0 Å². The number of hydrogen-bond donors (Lipinski definition) is 2. The third-order valence-electron chi connectivity index (χ3n) is 4.27. The van der Waals surface area contributed by atoms with Crippen LogP contribution in [0.25, 0.3) is 0 Å². The maximum absolute atomic E-state index is 12.0. The predicted octanol–water partition coefficient (Wildman–Crippen LogP) is 3.03. The van der Waals surface area contributed by atoms with Crippen molar-refractivity contribution in [3.05, 3.63) is 23.8 Å². The molecule has 1 amide bonds. The summed E-state index contributed by atoms with van der Waals surface area (Å²) >= 11 is 0. The molecule has 1 aliphatic heterocycles. The van der Waals surface area contributed by atoms with E-state index in [0.717, 1.165) is 35.8 Å². The van der Waals surface area contributed by atoms with Crippen molar-refractivity contribution >= 4 is 17.3 Å². The fourth-order valence-corrected chi connectivity index (χ4v) is 2.95. The average molecular weight is 289 g/mol. The van der Waals surface area contributed by atoms with E-state index in [2.05, 4.69) is 17.1 Å². The van der Waals surface area contributed by atoms with Crippen LogP contribution in [0.5, 0.6) is 0 Å². The van der Waals surface area contributed by atoms with Crippen molar-refractivity contribution in [1.29, 1.82) is 0 Å². The number of anilines is 2. The number of hydrogen-bond acceptors (Lipinski definition) is 3. The minimum Gasteiger partial charge on any atom is -0.398 e. The first kappa shape index (κ1) is 15.8. The summed E-state index contributed by atoms with van der Waals surface area (Å²) in [6.07, 6.45) is 4.11. The van der Waals surface area contributed by atoms with Gasteiger partial charge in [-0.2, -0.15) is 0 Å². The molecular formula is C17H27N3O. The second-order valence-electron chi connectivity index (χ2n) is 6.22. The van der Waals surface area contributed by atoms with E-state index in [4.69, 9.17) is 5.73 Å². The van der Waals surface area contributed by atoms with Crippen LogP contribution in [0, 0.1) is 12.8 Å². The normalized spacial score (nSPS) is 19.4. The molecule has 1 aliphatic rings. The zero-order chi connectivity index (χ0) is 15.2. The SMILES string of the molecule is Cc1c(N)cccc1NC(=O)CCCN1CCCC(C)C1. The molecule has 21 heavy (non-hydrogen) atoms. The van der Waals surface area contributed by atoms with Gasteiger partial charge in [0.25, 0.3) is 0 Å². The van der Waals surface area contributed by atoms with Crippen LogP contribution in [0.1, 0.15) is 38.2 Å². The second kappa shape index (κ2) is 7.46. The third kappa shape index (κ3) is 4.74. The number of nitrogens with one attached hydrogen (secondary N) is 1. The Balaban J connectivity index is 1.73. The topological polar surface area (TPSA) is 58.4 Å². The molecule has 4 nitrogen and oxygen atoms in total. The van der Waals surface area contributed by atoms with Crippen molar-refractivity contribution in [2.75, 3.05) is 30.7 Å². The lowest BCUT2D eigenvalue weighted by atomic mass is 10.0. The Bertz CT molecular complexity index is 487. The van der Waals surface area contributed by atoms with Gasteiger partial charge in [-0.15, -0.1) is 0 Å². The molecule has 1 fully saturated rings. The molecule has 0 spiro atoms. The molecule has 1 aromatic rings. The second-order valence-corrected chi connectivity index (χ2v) is 6.22. The highest BCUT2D eigenvalue weighted by atomic mass is 16.1. The van der Waals surface area contributed by atoms with E-state index in [-0.39, 0.29) is 5.91 Å². The van der Waals surface area contributed by atoms with Crippen LogP contribution in [0.15, 0.2) is 18.2 Å². The van der Waals surface area contributed by atoms with Crippen LogP contribution >= 0.6 is 0 Å². The zero-order valence-corrected chi connectivity index (χ0v) is 13.2. The minimum absolute atomic E-state index is 0.0776. The van der Waals surface area contributed by atoms with E-state index in [9.17, 15) is 4.79 Å². The van der Waals surface area contributed by atoms with Gasteiger partial charge in [0.15, 0.2) is 0 Å². The van der Waals surface area contributed by atoms with E-state index in [1.807, 2.05) is 25.1 Å². The van der Waals surface area contributed by atoms with Gasteiger partial charge in [-0.05, 0) is 62.9 Å². The fraction of sp³-hybridized carbons (Fsp3) is 0.588. The number of nitrogens with two attached hydrogens (primary N) is 1. The van der Waals surface area contributed by atoms with Crippen LogP contribution < -0.4 is 11.1 Å². The highest BCUT2D eigenvalue weighted by Crippen LogP contribution is 2.21. The van der Waals surface area contributed by atoms with Gasteiger partial charge in [-0.3, -0.25) is 4.79 Å². The lowest BCUT2D eigenvalue weighted by molar-refractivity contribution is -0.116. The molecule has 1 atom stereocenters. The molecule has 3 N–H and O–H groups in total. The third-order valence-corrected chi connectivity index (χ3v) is 4.27. The van der Waals surface area contributed by atoms with Gasteiger partial charge < -0.3 is 16.0 Å². The summed E-state index contributed by atoms with van der Waals surface area (Å²) in [7, 11) is 0. The Morgan fingerprint density at radius 2 is 2.29 bits per heavy atom. The van der Waals surface area contributed by atoms with Crippen LogP contribution in [-0.4, -0.2) is 30.4 Å². The number of likely N-dealkylation sites (tertiary alicyclic amines) is 1. The van der Waals surface area contributed by atoms with Gasteiger partial charge in [0, 0.05) is 24.3 Å². The maximum Gasteiger partial charge on any atom is 0.224 e. The summed E-state index contributed by atoms with van der Waals surface area (Å²) in [4.78, 5) is 14.5. The number of rotatable bonds is 5. The van der Waals surface area contributed by atoms with Crippen molar-refractivity contribution < 1.29 is 4.79 Å². The van der Waals surface area contributed by atoms with Gasteiger partial charge in [-0.1, -0.05) is 13.0 Å². The van der Waals surface area contributed by atoms with Crippen LogP contribution in [0.3, 0.4) is 0 Å². The summed E-state index contributed by atoms with van der Waals surface area (Å²) in [6, 6.07) is 5.62. The molecule has 0 radical (unpaired) electrons. The summed E-state index contributed by atoms with van der Waals surface area (Å²) in [5, 5.41) is 2.96. The molecule has 116 valence electrons. The molecule has 0 aromatic heterocycles. The minimum atomic E-state index is 0.0776. The molecule has 4 heteroatoms. The molecular weight excluding hydrogens is 262 g/mol. The number of nitrogen functional groups attached to an aromatic ring is 1. The standard InChI is InChI=1S/C17H27N3O/c1-13-6-4-10-20(12-13)11-5-9-17(21)19-16-8-3-7-15(18)14(16)2/h3,7-8,13H,4-6,9-12,18H2,1-2H3,(H,19,21). The molecule has 1 saturated heterocycles. The van der Waals surface area contributed by atoms with E-state index in [0.29, 0.717) is 6.42 Å². The highest BCUT2D eigenvalue weighted by Gasteiger charge is 2.16. The molecule has 0 saturated carbocycles. The lowest BCUT2D eigenvalue weighted by Crippen LogP contribution is -2.35. The van der Waals surface area contributed by atoms with Gasteiger partial charge >= 0.3 is 0 Å². The Morgan fingerprint density at radius 3 is 3.05 bits per heavy atom. The van der Waals surface area contributed by atoms with Crippen molar-refractivity contribution in [2.45, 2.75) is 39.5 Å². The molecule has 0 aliphatic carbocycles. The van der Waals surface area contributed by atoms with E-state index >= 15 is 0 Å². The number of amides is 1. The van der Waals surface area contributed by atoms with Crippen LogP contribution in [0.4, 0.5) is 11.4 Å². The molecule has 2 rings (SSSR count). The Labute approximate surface area is 127 Å². The number of piperidine rings is 1. The number of benzene rings is 1. The van der Waals surface area contributed by atoms with Crippen LogP contribution in [-0.2, 0) is 4.79 Å². The van der Waals surface area contributed by atoms with Crippen molar-refractivity contribution in [3.63, 3.8) is 0 Å². The Hall–Kier alpha value is -1.55. The number of carbonyl (C=O) groups is 1. The first-order valence-electron chi connectivity index (χ1n) is 7.93. The fourth-order valence-electron chi connectivity index (χ4n) is 2.95. The lowest BCUT2D eigenvalue weighted by Gasteiger charge is -2.30. The van der Waals surface area contributed by atoms with E-state index in [1.54, 1.807) is 0 Å². The van der Waals surface area contributed by atoms with E-state index < -0.39 is 0 Å². The average Bonchev–Trinajstić information content (AvgIpc) is 2.44. The molecule has 1 heterocycles. The van der Waals surface area contributed by atoms with Crippen molar-refractivity contribution in [1.82, 2.24) is 4.90 Å². The number of nitrogens with zero attached hydrogens (tertiary/aromatic N) is 1. The van der Waals surface area contributed by atoms with Crippen molar-refractivity contribution in [2.24, 2.45) is 5.92 Å². The van der Waals surface area contributed by atoms with Gasteiger partial charge in [0.1, 0.15) is 0 Å². The summed E-state index contributed by atoms with van der Waals surface area (Å²) in [5.41, 5.74) is 8.33. The quantitative estimate of drug-likeness (QED) is 0.819. The van der Waals surface area contributed by atoms with E-state index in [1.165, 1.54) is 25.9 Å². The van der Waals surface area contributed by atoms with Gasteiger partial charge in [0.05, 0.1) is 0 Å². The number of carbonyl (C=O) groups excluding carboxylic acids is 1. The summed E-state index contributed by atoms with van der Waals surface area (Å²) in [5.74, 6) is 0.872. The summed E-state index contributed by atoms with van der Waals surface area (Å²) in [6.45, 7) is 7.62. The monoisotopic (exact) mass is 289 g/mol. The Morgan fingerprint density at radius 1 is 1.48 bits per heavy atom. The molecule has 1 unspecified atom stereocenters. The molecule has 1 aromatic carbocycles. The Kier molecular flexibility index (Phi) is 5.62.